The molecular formula is C15H20O2S. The summed E-state index contributed by atoms with van der Waals surface area (Å²) in [6, 6.07) is 8.17. The summed E-state index contributed by atoms with van der Waals surface area (Å²) in [4.78, 5) is 10.6. The Labute approximate surface area is 113 Å². The van der Waals surface area contributed by atoms with Gasteiger partial charge < -0.3 is 9.53 Å². The van der Waals surface area contributed by atoms with Crippen LogP contribution in [0.3, 0.4) is 0 Å². The van der Waals surface area contributed by atoms with Gasteiger partial charge in [-0.3, -0.25) is 0 Å². The fraction of sp³-hybridized carbons (Fsp3) is 0.533. The molecule has 2 atom stereocenters. The van der Waals surface area contributed by atoms with Crippen LogP contribution in [0.5, 0.6) is 5.75 Å². The van der Waals surface area contributed by atoms with Crippen LogP contribution in [-0.4, -0.2) is 23.9 Å². The van der Waals surface area contributed by atoms with Crippen LogP contribution in [0.25, 0.3) is 0 Å². The fourth-order valence-corrected chi connectivity index (χ4v) is 3.21. The summed E-state index contributed by atoms with van der Waals surface area (Å²) in [7, 11) is 0. The van der Waals surface area contributed by atoms with E-state index in [1.54, 1.807) is 0 Å². The first-order valence-electron chi connectivity index (χ1n) is 6.57. The van der Waals surface area contributed by atoms with E-state index in [1.807, 2.05) is 23.9 Å². The molecular weight excluding hydrogens is 244 g/mol. The second-order valence-electron chi connectivity index (χ2n) is 4.83. The third-order valence-corrected chi connectivity index (χ3v) is 4.48. The molecule has 18 heavy (non-hydrogen) atoms. The van der Waals surface area contributed by atoms with Gasteiger partial charge in [-0.1, -0.05) is 19.1 Å². The van der Waals surface area contributed by atoms with Gasteiger partial charge in [0, 0.05) is 12.2 Å². The molecule has 1 aliphatic rings. The van der Waals surface area contributed by atoms with Crippen molar-refractivity contribution in [1.29, 1.82) is 0 Å². The lowest BCUT2D eigenvalue weighted by Gasteiger charge is -2.23. The van der Waals surface area contributed by atoms with Crippen molar-refractivity contribution in [1.82, 2.24) is 0 Å². The largest absolute Gasteiger partial charge is 0.490 e. The lowest BCUT2D eigenvalue weighted by atomic mass is 9.98. The normalized spacial score (nSPS) is 21.3. The Bertz CT molecular complexity index is 386. The number of ether oxygens (including phenoxy) is 1. The van der Waals surface area contributed by atoms with Gasteiger partial charge in [-0.05, 0) is 42.2 Å². The molecule has 0 saturated carbocycles. The molecule has 1 fully saturated rings. The fourth-order valence-electron chi connectivity index (χ4n) is 2.17. The second kappa shape index (κ2) is 6.83. The van der Waals surface area contributed by atoms with Gasteiger partial charge in [0.15, 0.2) is 0 Å². The van der Waals surface area contributed by atoms with Crippen LogP contribution in [-0.2, 0) is 4.79 Å². The number of hydrogen-bond acceptors (Lipinski definition) is 3. The van der Waals surface area contributed by atoms with Gasteiger partial charge in [0.25, 0.3) is 0 Å². The van der Waals surface area contributed by atoms with Crippen molar-refractivity contribution in [2.75, 3.05) is 11.5 Å². The van der Waals surface area contributed by atoms with Crippen LogP contribution in [0, 0.1) is 0 Å². The van der Waals surface area contributed by atoms with Crippen LogP contribution in [0.2, 0.25) is 0 Å². The maximum atomic E-state index is 10.6. The predicted molar refractivity (Wildman–Crippen MR) is 76.5 cm³/mol. The maximum absolute atomic E-state index is 10.6. The SMILES string of the molecule is CC(CC=O)c1cccc(OC2CCCSC2)c1. The lowest BCUT2D eigenvalue weighted by Crippen LogP contribution is -2.23. The minimum absolute atomic E-state index is 0.270. The van der Waals surface area contributed by atoms with E-state index in [0.29, 0.717) is 12.5 Å². The average Bonchev–Trinajstić information content (AvgIpc) is 2.40. The molecule has 1 aromatic carbocycles. The minimum atomic E-state index is 0.270. The van der Waals surface area contributed by atoms with E-state index < -0.39 is 0 Å². The molecule has 0 radical (unpaired) electrons. The van der Waals surface area contributed by atoms with Crippen molar-refractivity contribution in [2.24, 2.45) is 0 Å². The molecule has 2 unspecified atom stereocenters. The van der Waals surface area contributed by atoms with Gasteiger partial charge in [-0.25, -0.2) is 0 Å². The van der Waals surface area contributed by atoms with Gasteiger partial charge in [-0.2, -0.15) is 11.8 Å². The first-order chi connectivity index (χ1) is 8.79. The summed E-state index contributed by atoms with van der Waals surface area (Å²) in [5.41, 5.74) is 1.18. The Morgan fingerprint density at radius 1 is 1.56 bits per heavy atom. The first-order valence-corrected chi connectivity index (χ1v) is 7.73. The summed E-state index contributed by atoms with van der Waals surface area (Å²) in [5, 5.41) is 0. The molecule has 0 amide bonds. The summed E-state index contributed by atoms with van der Waals surface area (Å²) >= 11 is 1.97. The molecule has 0 aliphatic carbocycles. The molecule has 1 aliphatic heterocycles. The monoisotopic (exact) mass is 264 g/mol. The Morgan fingerprint density at radius 3 is 3.17 bits per heavy atom. The van der Waals surface area contributed by atoms with Crippen molar-refractivity contribution >= 4 is 18.0 Å². The average molecular weight is 264 g/mol. The van der Waals surface area contributed by atoms with E-state index >= 15 is 0 Å². The molecule has 1 heterocycles. The highest BCUT2D eigenvalue weighted by Crippen LogP contribution is 2.26. The summed E-state index contributed by atoms with van der Waals surface area (Å²) in [5.74, 6) is 3.56. The summed E-state index contributed by atoms with van der Waals surface area (Å²) in [6.07, 6.45) is 4.30. The standard InChI is InChI=1S/C15H20O2S/c1-12(7-8-16)13-4-2-5-14(10-13)17-15-6-3-9-18-11-15/h2,4-5,8,10,12,15H,3,6-7,9,11H2,1H3. The van der Waals surface area contributed by atoms with E-state index in [2.05, 4.69) is 19.1 Å². The molecule has 1 saturated heterocycles. The van der Waals surface area contributed by atoms with E-state index in [0.717, 1.165) is 24.2 Å². The Hall–Kier alpha value is -0.960. The van der Waals surface area contributed by atoms with Crippen LogP contribution < -0.4 is 4.74 Å². The number of rotatable bonds is 5. The van der Waals surface area contributed by atoms with Crippen LogP contribution in [0.4, 0.5) is 0 Å². The summed E-state index contributed by atoms with van der Waals surface area (Å²) < 4.78 is 6.02. The van der Waals surface area contributed by atoms with Crippen molar-refractivity contribution < 1.29 is 9.53 Å². The van der Waals surface area contributed by atoms with Crippen molar-refractivity contribution in [3.05, 3.63) is 29.8 Å². The smallest absolute Gasteiger partial charge is 0.120 e. The highest BCUT2D eigenvalue weighted by atomic mass is 32.2. The van der Waals surface area contributed by atoms with Crippen LogP contribution in [0.1, 0.15) is 37.7 Å². The number of aldehydes is 1. The highest BCUT2D eigenvalue weighted by molar-refractivity contribution is 7.99. The first kappa shape index (κ1) is 13.5. The Balaban J connectivity index is 1.99. The quantitative estimate of drug-likeness (QED) is 0.759. The zero-order valence-electron chi connectivity index (χ0n) is 10.8. The van der Waals surface area contributed by atoms with E-state index in [9.17, 15) is 4.79 Å². The number of thioether (sulfide) groups is 1. The third-order valence-electron chi connectivity index (χ3n) is 3.30. The van der Waals surface area contributed by atoms with E-state index in [1.165, 1.54) is 17.7 Å². The topological polar surface area (TPSA) is 26.3 Å². The second-order valence-corrected chi connectivity index (χ2v) is 5.98. The third kappa shape index (κ3) is 3.77. The molecule has 2 nitrogen and oxygen atoms in total. The number of benzene rings is 1. The predicted octanol–water partition coefficient (Wildman–Crippen LogP) is 3.65. The van der Waals surface area contributed by atoms with Crippen molar-refractivity contribution in [3.63, 3.8) is 0 Å². The number of carbonyl (C=O) groups excluding carboxylic acids is 1. The molecule has 98 valence electrons. The summed E-state index contributed by atoms with van der Waals surface area (Å²) in [6.45, 7) is 2.07. The van der Waals surface area contributed by atoms with Gasteiger partial charge in [0.05, 0.1) is 0 Å². The lowest BCUT2D eigenvalue weighted by molar-refractivity contribution is -0.108. The molecule has 0 N–H and O–H groups in total. The van der Waals surface area contributed by atoms with E-state index in [4.69, 9.17) is 4.74 Å². The molecule has 0 bridgehead atoms. The molecule has 2 rings (SSSR count). The molecule has 0 spiro atoms. The Kier molecular flexibility index (Phi) is 5.12. The maximum Gasteiger partial charge on any atom is 0.120 e. The number of hydrogen-bond donors (Lipinski definition) is 0. The zero-order valence-corrected chi connectivity index (χ0v) is 11.6. The van der Waals surface area contributed by atoms with Crippen LogP contribution in [0.15, 0.2) is 24.3 Å². The van der Waals surface area contributed by atoms with E-state index in [-0.39, 0.29) is 5.92 Å². The van der Waals surface area contributed by atoms with Gasteiger partial charge >= 0.3 is 0 Å². The van der Waals surface area contributed by atoms with Gasteiger partial charge in [0.1, 0.15) is 18.1 Å². The van der Waals surface area contributed by atoms with Gasteiger partial charge in [-0.15, -0.1) is 0 Å². The van der Waals surface area contributed by atoms with Crippen molar-refractivity contribution in [2.45, 2.75) is 38.2 Å². The Morgan fingerprint density at radius 2 is 2.44 bits per heavy atom. The molecule has 3 heteroatoms. The van der Waals surface area contributed by atoms with Crippen LogP contribution >= 0.6 is 11.8 Å². The van der Waals surface area contributed by atoms with Crippen molar-refractivity contribution in [3.8, 4) is 5.75 Å². The molecule has 1 aromatic rings. The highest BCUT2D eigenvalue weighted by Gasteiger charge is 2.15. The minimum Gasteiger partial charge on any atom is -0.490 e. The number of carbonyl (C=O) groups is 1. The molecule has 0 aromatic heterocycles. The van der Waals surface area contributed by atoms with Gasteiger partial charge in [0.2, 0.25) is 0 Å². The zero-order chi connectivity index (χ0) is 12.8.